The van der Waals surface area contributed by atoms with E-state index in [1.165, 1.54) is 19.1 Å². The first kappa shape index (κ1) is 44.2. The molecular formula is C42H67NO11. The Kier molecular flexibility index (Phi) is 16.0. The van der Waals surface area contributed by atoms with Gasteiger partial charge >= 0.3 is 5.97 Å². The fourth-order valence-electron chi connectivity index (χ4n) is 9.03. The molecular weight excluding hydrogens is 694 g/mol. The number of rotatable bonds is 5. The SMILES string of the molecule is CC[C@@H]1/C=C(\C)C(O)[C@H](C)C[C@H](OC)[C@H]2O[C@@](O)(C(=O)C(=O)N3CCCC[C@H]3C(=O)O[C@H](/C(C)=C/C3CCC(O)CC3)[C@H](C)CCC1=O)[C@H](C)C[C@@H]2OC. The minimum atomic E-state index is -2.52. The molecule has 3 heterocycles. The third kappa shape index (κ3) is 10.3. The first-order valence-corrected chi connectivity index (χ1v) is 20.3. The van der Waals surface area contributed by atoms with Crippen LogP contribution in [0.15, 0.2) is 23.3 Å². The molecule has 4 aliphatic rings. The maximum atomic E-state index is 14.2. The Balaban J connectivity index is 1.75. The highest BCUT2D eigenvalue weighted by atomic mass is 16.7. The molecule has 0 aromatic heterocycles. The average Bonchev–Trinajstić information content (AvgIpc) is 3.17. The van der Waals surface area contributed by atoms with Gasteiger partial charge < -0.3 is 39.2 Å². The van der Waals surface area contributed by atoms with Gasteiger partial charge in [0.15, 0.2) is 0 Å². The van der Waals surface area contributed by atoms with Crippen LogP contribution in [0.4, 0.5) is 0 Å². The molecule has 3 fully saturated rings. The second kappa shape index (κ2) is 19.6. The zero-order chi connectivity index (χ0) is 39.9. The highest BCUT2D eigenvalue weighted by molar-refractivity contribution is 6.39. The van der Waals surface area contributed by atoms with Crippen molar-refractivity contribution in [2.24, 2.45) is 29.6 Å². The normalized spacial score (nSPS) is 41.3. The third-order valence-corrected chi connectivity index (χ3v) is 12.7. The van der Waals surface area contributed by atoms with Gasteiger partial charge in [-0.2, -0.15) is 0 Å². The topological polar surface area (TPSA) is 169 Å². The lowest BCUT2D eigenvalue weighted by atomic mass is 9.81. The smallest absolute Gasteiger partial charge is 0.329 e. The second-order valence-corrected chi connectivity index (χ2v) is 16.7. The quantitative estimate of drug-likeness (QED) is 0.199. The largest absolute Gasteiger partial charge is 0.456 e. The van der Waals surface area contributed by atoms with Crippen LogP contribution in [0.2, 0.25) is 0 Å². The summed E-state index contributed by atoms with van der Waals surface area (Å²) in [6, 6.07) is -1.05. The Hall–Kier alpha value is -2.48. The molecule has 306 valence electrons. The van der Waals surface area contributed by atoms with Crippen LogP contribution in [0.3, 0.4) is 0 Å². The van der Waals surface area contributed by atoms with Gasteiger partial charge in [0.25, 0.3) is 11.7 Å². The minimum absolute atomic E-state index is 0.0340. The number of piperidine rings is 1. The molecule has 3 aliphatic heterocycles. The van der Waals surface area contributed by atoms with Crippen LogP contribution in [0, 0.1) is 29.6 Å². The van der Waals surface area contributed by atoms with Gasteiger partial charge in [0.05, 0.1) is 24.4 Å². The van der Waals surface area contributed by atoms with E-state index in [1.807, 2.05) is 33.8 Å². The van der Waals surface area contributed by atoms with Crippen molar-refractivity contribution < 1.29 is 53.4 Å². The second-order valence-electron chi connectivity index (χ2n) is 16.7. The standard InChI is InChI=1S/C42H67NO11/c1-9-30-21-25(3)36(46)26(4)22-34(51-7)38-35(52-8)23-28(6)42(50,54-38)39(47)40(48)43-19-11-10-12-32(43)41(49)53-37(24(2)13-18-33(30)45)27(5)20-29-14-16-31(44)17-15-29/h20-21,24,26,28-32,34-38,44,46,50H,9-19,22-23H2,1-8H3/b25-21+,27-20+/t24-,26-,28-,29?,30-,31?,32+,34+,35+,36?,37+,38-,42-/m1/s1. The lowest BCUT2D eigenvalue weighted by molar-refractivity contribution is -0.302. The van der Waals surface area contributed by atoms with E-state index in [1.54, 1.807) is 13.8 Å². The van der Waals surface area contributed by atoms with Crippen LogP contribution in [0.25, 0.3) is 0 Å². The van der Waals surface area contributed by atoms with Gasteiger partial charge in [0.2, 0.25) is 5.79 Å². The molecule has 0 aromatic carbocycles. The molecule has 0 aromatic rings. The van der Waals surface area contributed by atoms with Crippen LogP contribution in [0.5, 0.6) is 0 Å². The predicted octanol–water partition coefficient (Wildman–Crippen LogP) is 4.85. The van der Waals surface area contributed by atoms with E-state index in [0.717, 1.165) is 18.4 Å². The maximum absolute atomic E-state index is 14.2. The fraction of sp³-hybridized carbons (Fsp3) is 0.810. The average molecular weight is 762 g/mol. The summed E-state index contributed by atoms with van der Waals surface area (Å²) in [4.78, 5) is 57.4. The molecule has 12 heteroatoms. The van der Waals surface area contributed by atoms with Gasteiger partial charge in [-0.3, -0.25) is 14.4 Å². The van der Waals surface area contributed by atoms with Crippen LogP contribution >= 0.6 is 0 Å². The van der Waals surface area contributed by atoms with E-state index >= 15 is 0 Å². The molecule has 11 atom stereocenters. The fourth-order valence-corrected chi connectivity index (χ4v) is 9.03. The highest BCUT2D eigenvalue weighted by Gasteiger charge is 2.56. The highest BCUT2D eigenvalue weighted by Crippen LogP contribution is 2.39. The number of carbonyl (C=O) groups excluding carboxylic acids is 4. The Labute approximate surface area is 322 Å². The van der Waals surface area contributed by atoms with Crippen molar-refractivity contribution in [3.63, 3.8) is 0 Å². The lowest BCUT2D eigenvalue weighted by Gasteiger charge is -2.47. The molecule has 1 amide bonds. The van der Waals surface area contributed by atoms with Crippen molar-refractivity contribution >= 4 is 23.4 Å². The van der Waals surface area contributed by atoms with Gasteiger partial charge in [0.1, 0.15) is 24.0 Å². The summed E-state index contributed by atoms with van der Waals surface area (Å²) in [5.74, 6) is -6.97. The molecule has 2 bridgehead atoms. The van der Waals surface area contributed by atoms with E-state index in [-0.39, 0.29) is 55.4 Å². The van der Waals surface area contributed by atoms with Gasteiger partial charge in [-0.05, 0) is 113 Å². The van der Waals surface area contributed by atoms with E-state index in [0.29, 0.717) is 50.5 Å². The van der Waals surface area contributed by atoms with Crippen molar-refractivity contribution in [3.05, 3.63) is 23.3 Å². The number of carbonyl (C=O) groups is 4. The zero-order valence-electron chi connectivity index (χ0n) is 33.8. The number of Topliss-reactive ketones (excluding diaryl/α,β-unsaturated/α-hetero) is 2. The van der Waals surface area contributed by atoms with Gasteiger partial charge in [-0.15, -0.1) is 0 Å². The maximum Gasteiger partial charge on any atom is 0.329 e. The number of fused-ring (bicyclic) bond motifs is 3. The summed E-state index contributed by atoms with van der Waals surface area (Å²) in [5, 5.41) is 33.5. The minimum Gasteiger partial charge on any atom is -0.456 e. The van der Waals surface area contributed by atoms with Crippen LogP contribution in [0.1, 0.15) is 119 Å². The molecule has 3 N–H and O–H groups in total. The summed E-state index contributed by atoms with van der Waals surface area (Å²) in [5.41, 5.74) is 1.49. The molecule has 2 saturated heterocycles. The number of ketones is 2. The van der Waals surface area contributed by atoms with Gasteiger partial charge in [-0.25, -0.2) is 4.79 Å². The number of hydrogen-bond donors (Lipinski definition) is 3. The number of methoxy groups -OCH3 is 2. The van der Waals surface area contributed by atoms with E-state index in [4.69, 9.17) is 18.9 Å². The Bertz CT molecular complexity index is 1370. The number of cyclic esters (lactones) is 1. The molecule has 0 radical (unpaired) electrons. The first-order valence-electron chi connectivity index (χ1n) is 20.3. The number of allylic oxidation sites excluding steroid dienone is 2. The molecule has 1 aliphatic carbocycles. The zero-order valence-corrected chi connectivity index (χ0v) is 33.8. The van der Waals surface area contributed by atoms with Crippen molar-refractivity contribution in [2.45, 2.75) is 167 Å². The van der Waals surface area contributed by atoms with E-state index in [9.17, 15) is 34.5 Å². The number of aliphatic hydroxyl groups excluding tert-OH is 2. The summed E-state index contributed by atoms with van der Waals surface area (Å²) >= 11 is 0. The Morgan fingerprint density at radius 1 is 0.944 bits per heavy atom. The van der Waals surface area contributed by atoms with Crippen molar-refractivity contribution in [1.29, 1.82) is 0 Å². The molecule has 1 unspecified atom stereocenters. The van der Waals surface area contributed by atoms with E-state index < -0.39 is 71.8 Å². The number of esters is 1. The first-order chi connectivity index (χ1) is 25.6. The van der Waals surface area contributed by atoms with Crippen LogP contribution in [-0.4, -0.2) is 113 Å². The summed E-state index contributed by atoms with van der Waals surface area (Å²) in [6.07, 6.45) is 5.95. The number of ether oxygens (including phenoxy) is 4. The summed E-state index contributed by atoms with van der Waals surface area (Å²) in [7, 11) is 2.99. The lowest BCUT2D eigenvalue weighted by Crippen LogP contribution is -2.64. The molecule has 1 saturated carbocycles. The number of nitrogens with zero attached hydrogens (tertiary/aromatic N) is 1. The Morgan fingerprint density at radius 3 is 2.22 bits per heavy atom. The number of hydrogen-bond acceptors (Lipinski definition) is 11. The molecule has 0 spiro atoms. The summed E-state index contributed by atoms with van der Waals surface area (Å²) in [6.45, 7) is 11.2. The number of amides is 1. The predicted molar refractivity (Wildman–Crippen MR) is 202 cm³/mol. The van der Waals surface area contributed by atoms with E-state index in [2.05, 4.69) is 6.08 Å². The van der Waals surface area contributed by atoms with Crippen molar-refractivity contribution in [3.8, 4) is 0 Å². The summed E-state index contributed by atoms with van der Waals surface area (Å²) < 4.78 is 24.1. The molecule has 4 rings (SSSR count). The van der Waals surface area contributed by atoms with Gasteiger partial charge in [-0.1, -0.05) is 39.8 Å². The van der Waals surface area contributed by atoms with Crippen LogP contribution in [-0.2, 0) is 38.1 Å². The Morgan fingerprint density at radius 2 is 1.59 bits per heavy atom. The van der Waals surface area contributed by atoms with Crippen LogP contribution < -0.4 is 0 Å². The monoisotopic (exact) mass is 761 g/mol. The third-order valence-electron chi connectivity index (χ3n) is 12.7. The van der Waals surface area contributed by atoms with Crippen molar-refractivity contribution in [1.82, 2.24) is 4.90 Å². The molecule has 12 nitrogen and oxygen atoms in total. The van der Waals surface area contributed by atoms with Gasteiger partial charge in [0, 0.05) is 39.0 Å². The number of aliphatic hydroxyl groups is 3. The van der Waals surface area contributed by atoms with Crippen molar-refractivity contribution in [2.75, 3.05) is 20.8 Å². The molecule has 54 heavy (non-hydrogen) atoms.